The molecule has 2 amide bonds. The first-order chi connectivity index (χ1) is 20.3. The van der Waals surface area contributed by atoms with Crippen LogP contribution in [0, 0.1) is 0 Å². The van der Waals surface area contributed by atoms with Crippen molar-refractivity contribution in [3.05, 3.63) is 125 Å². The zero-order chi connectivity index (χ0) is 29.6. The quantitative estimate of drug-likeness (QED) is 0.357. The molecule has 1 atom stereocenters. The van der Waals surface area contributed by atoms with Crippen LogP contribution in [0.2, 0.25) is 0 Å². The first-order valence-electron chi connectivity index (χ1n) is 13.5. The van der Waals surface area contributed by atoms with Crippen LogP contribution < -0.4 is 20.7 Å². The van der Waals surface area contributed by atoms with Crippen LogP contribution in [-0.4, -0.2) is 51.5 Å². The van der Waals surface area contributed by atoms with Crippen LogP contribution in [0.25, 0.3) is 0 Å². The smallest absolute Gasteiger partial charge is 0.256 e. The van der Waals surface area contributed by atoms with E-state index in [1.54, 1.807) is 48.7 Å². The summed E-state index contributed by atoms with van der Waals surface area (Å²) in [6.45, 7) is 7.09. The molecule has 2 aromatic carbocycles. The van der Waals surface area contributed by atoms with Crippen molar-refractivity contribution in [1.29, 1.82) is 0 Å². The van der Waals surface area contributed by atoms with Crippen molar-refractivity contribution >= 4 is 23.6 Å². The van der Waals surface area contributed by atoms with E-state index in [9.17, 15) is 14.7 Å². The van der Waals surface area contributed by atoms with Gasteiger partial charge in [-0.15, -0.1) is 0 Å². The molecule has 0 bridgehead atoms. The number of nitrogens with two attached hydrogens (primary N) is 1. The first-order valence-corrected chi connectivity index (χ1v) is 13.5. The lowest BCUT2D eigenvalue weighted by Crippen LogP contribution is -2.32. The third kappa shape index (κ3) is 6.08. The number of hydrogen-bond donors (Lipinski definition) is 3. The SMILES string of the molecule is C=C1/C=C(/C)N(c2ncc(OCCN3C(=O)c4ccccc4[C@H]3O)c(NCc3ccccc3)n2)C/C=C\C=C1C(N)=O. The van der Waals surface area contributed by atoms with E-state index in [0.717, 1.165) is 11.3 Å². The van der Waals surface area contributed by atoms with Crippen LogP contribution in [0.4, 0.5) is 11.8 Å². The number of nitrogens with one attached hydrogen (secondary N) is 1. The Balaban J connectivity index is 1.37. The Morgan fingerprint density at radius 3 is 2.71 bits per heavy atom. The van der Waals surface area contributed by atoms with Crippen molar-refractivity contribution in [3.63, 3.8) is 0 Å². The van der Waals surface area contributed by atoms with Crippen LogP contribution in [-0.2, 0) is 11.3 Å². The van der Waals surface area contributed by atoms with E-state index in [-0.39, 0.29) is 19.1 Å². The van der Waals surface area contributed by atoms with Crippen LogP contribution >= 0.6 is 0 Å². The van der Waals surface area contributed by atoms with E-state index in [0.29, 0.717) is 52.9 Å². The molecule has 10 nitrogen and oxygen atoms in total. The van der Waals surface area contributed by atoms with E-state index in [1.165, 1.54) is 4.90 Å². The predicted octanol–water partition coefficient (Wildman–Crippen LogP) is 3.86. The Labute approximate surface area is 244 Å². The lowest BCUT2D eigenvalue weighted by Gasteiger charge is -2.24. The van der Waals surface area contributed by atoms with Crippen LogP contribution in [0.3, 0.4) is 0 Å². The molecule has 0 saturated heterocycles. The van der Waals surface area contributed by atoms with Gasteiger partial charge in [0, 0.05) is 35.5 Å². The lowest BCUT2D eigenvalue weighted by atomic mass is 10.1. The Bertz CT molecular complexity index is 1600. The van der Waals surface area contributed by atoms with Gasteiger partial charge in [0.15, 0.2) is 17.8 Å². The van der Waals surface area contributed by atoms with Gasteiger partial charge in [0.25, 0.3) is 5.91 Å². The molecule has 5 rings (SSSR count). The fraction of sp³-hybridized carbons (Fsp3) is 0.188. The zero-order valence-corrected chi connectivity index (χ0v) is 23.2. The van der Waals surface area contributed by atoms with Gasteiger partial charge in [0.2, 0.25) is 11.9 Å². The molecular formula is C32H32N6O4. The average molecular weight is 565 g/mol. The summed E-state index contributed by atoms with van der Waals surface area (Å²) in [4.78, 5) is 37.3. The molecule has 3 aromatic rings. The Kier molecular flexibility index (Phi) is 8.44. The summed E-state index contributed by atoms with van der Waals surface area (Å²) < 4.78 is 6.06. The van der Waals surface area contributed by atoms with Crippen molar-refractivity contribution < 1.29 is 19.4 Å². The molecule has 0 fully saturated rings. The molecule has 0 aliphatic carbocycles. The number of nitrogens with zero attached hydrogens (tertiary/aromatic N) is 4. The second kappa shape index (κ2) is 12.5. The predicted molar refractivity (Wildman–Crippen MR) is 160 cm³/mol. The normalized spacial score (nSPS) is 18.7. The average Bonchev–Trinajstić information content (AvgIpc) is 3.26. The second-order valence-electron chi connectivity index (χ2n) is 9.82. The number of aromatic nitrogens is 2. The number of allylic oxidation sites excluding steroid dienone is 4. The summed E-state index contributed by atoms with van der Waals surface area (Å²) in [5.41, 5.74) is 9.23. The van der Waals surface area contributed by atoms with Crippen LogP contribution in [0.15, 0.2) is 109 Å². The molecule has 10 heteroatoms. The zero-order valence-electron chi connectivity index (χ0n) is 23.2. The molecule has 2 aliphatic heterocycles. The summed E-state index contributed by atoms with van der Waals surface area (Å²) >= 11 is 0. The summed E-state index contributed by atoms with van der Waals surface area (Å²) in [5, 5.41) is 14.0. The highest BCUT2D eigenvalue weighted by atomic mass is 16.5. The number of anilines is 2. The number of benzene rings is 2. The van der Waals surface area contributed by atoms with E-state index in [4.69, 9.17) is 15.5 Å². The Morgan fingerprint density at radius 1 is 1.19 bits per heavy atom. The molecule has 214 valence electrons. The van der Waals surface area contributed by atoms with Crippen molar-refractivity contribution in [2.24, 2.45) is 5.73 Å². The third-order valence-corrected chi connectivity index (χ3v) is 7.01. The molecule has 0 spiro atoms. The summed E-state index contributed by atoms with van der Waals surface area (Å²) in [5.74, 6) is 0.477. The molecule has 3 heterocycles. The van der Waals surface area contributed by atoms with Gasteiger partial charge < -0.3 is 30.7 Å². The number of primary amides is 1. The molecule has 0 saturated carbocycles. The molecule has 0 radical (unpaired) electrons. The number of carbonyl (C=O) groups is 2. The number of amides is 2. The van der Waals surface area contributed by atoms with Gasteiger partial charge in [-0.05, 0) is 36.3 Å². The Morgan fingerprint density at radius 2 is 1.95 bits per heavy atom. The van der Waals surface area contributed by atoms with E-state index in [1.807, 2.05) is 48.2 Å². The summed E-state index contributed by atoms with van der Waals surface area (Å²) in [7, 11) is 0. The standard InChI is InChI=1S/C32H32N6O4/c1-21-18-22(2)37(15-9-8-12-24(21)28(33)39)32-35-20-27(29(36-32)34-19-23-10-4-3-5-11-23)42-17-16-38-30(40)25-13-6-7-14-26(25)31(38)41/h3-14,18,20,30,40H,1,15-17,19H2,2H3,(H2,33,39)(H,34,35,36)/b9-8-,22-18-,24-12?/t30-/m1/s1. The fourth-order valence-corrected chi connectivity index (χ4v) is 4.80. The molecule has 1 aromatic heterocycles. The highest BCUT2D eigenvalue weighted by Crippen LogP contribution is 2.32. The van der Waals surface area contributed by atoms with Gasteiger partial charge in [-0.3, -0.25) is 9.59 Å². The summed E-state index contributed by atoms with van der Waals surface area (Å²) in [6, 6.07) is 16.9. The minimum Gasteiger partial charge on any atom is -0.486 e. The molecule has 4 N–H and O–H groups in total. The summed E-state index contributed by atoms with van der Waals surface area (Å²) in [6.07, 6.45) is 7.60. The van der Waals surface area contributed by atoms with Gasteiger partial charge in [-0.25, -0.2) is 4.98 Å². The maximum Gasteiger partial charge on any atom is 0.256 e. The number of aliphatic hydroxyl groups is 1. The second-order valence-corrected chi connectivity index (χ2v) is 9.82. The van der Waals surface area contributed by atoms with Gasteiger partial charge in [0.05, 0.1) is 12.7 Å². The first kappa shape index (κ1) is 28.3. The van der Waals surface area contributed by atoms with Gasteiger partial charge in [0.1, 0.15) is 6.61 Å². The fourth-order valence-electron chi connectivity index (χ4n) is 4.80. The van der Waals surface area contributed by atoms with Crippen LogP contribution in [0.1, 0.15) is 34.6 Å². The monoisotopic (exact) mass is 564 g/mol. The molecular weight excluding hydrogens is 532 g/mol. The van der Waals surface area contributed by atoms with Crippen molar-refractivity contribution in [2.45, 2.75) is 19.7 Å². The highest BCUT2D eigenvalue weighted by Gasteiger charge is 2.34. The highest BCUT2D eigenvalue weighted by molar-refractivity contribution is 5.99. The van der Waals surface area contributed by atoms with Crippen molar-refractivity contribution in [1.82, 2.24) is 14.9 Å². The molecule has 2 aliphatic rings. The minimum absolute atomic E-state index is 0.117. The number of ether oxygens (including phenoxy) is 1. The van der Waals surface area contributed by atoms with Gasteiger partial charge in [-0.2, -0.15) is 4.98 Å². The molecule has 42 heavy (non-hydrogen) atoms. The Hall–Kier alpha value is -5.22. The van der Waals surface area contributed by atoms with Crippen LogP contribution in [0.5, 0.6) is 5.75 Å². The molecule has 0 unspecified atom stereocenters. The van der Waals surface area contributed by atoms with Crippen molar-refractivity contribution in [3.8, 4) is 5.75 Å². The van der Waals surface area contributed by atoms with Gasteiger partial charge in [-0.1, -0.05) is 67.3 Å². The van der Waals surface area contributed by atoms with Crippen molar-refractivity contribution in [2.75, 3.05) is 29.9 Å². The number of carbonyl (C=O) groups excluding carboxylic acids is 2. The number of hydrogen-bond acceptors (Lipinski definition) is 8. The number of aliphatic hydroxyl groups excluding tert-OH is 1. The number of rotatable bonds is 9. The topological polar surface area (TPSA) is 134 Å². The maximum atomic E-state index is 12.8. The largest absolute Gasteiger partial charge is 0.486 e. The van der Waals surface area contributed by atoms with E-state index in [2.05, 4.69) is 16.9 Å². The van der Waals surface area contributed by atoms with E-state index < -0.39 is 12.1 Å². The minimum atomic E-state index is -1.02. The van der Waals surface area contributed by atoms with E-state index >= 15 is 0 Å². The third-order valence-electron chi connectivity index (χ3n) is 7.01. The lowest BCUT2D eigenvalue weighted by molar-refractivity contribution is -0.114. The van der Waals surface area contributed by atoms with Gasteiger partial charge >= 0.3 is 0 Å². The number of fused-ring (bicyclic) bond motifs is 1. The maximum absolute atomic E-state index is 12.8.